The first-order valence-electron chi connectivity index (χ1n) is 11.7. The summed E-state index contributed by atoms with van der Waals surface area (Å²) in [5.74, 6) is 0.634. The van der Waals surface area contributed by atoms with Gasteiger partial charge in [-0.15, -0.1) is 0 Å². The fraction of sp³-hybridized carbons (Fsp3) is 0.500. The monoisotopic (exact) mass is 404 g/mol. The van der Waals surface area contributed by atoms with Crippen LogP contribution in [0.2, 0.25) is 0 Å². The molecule has 1 aromatic rings. The van der Waals surface area contributed by atoms with Gasteiger partial charge in [0.25, 0.3) is 0 Å². The summed E-state index contributed by atoms with van der Waals surface area (Å²) >= 11 is 0. The topological polar surface area (TPSA) is 6.48 Å². The van der Waals surface area contributed by atoms with Gasteiger partial charge in [-0.1, -0.05) is 61.1 Å². The summed E-state index contributed by atoms with van der Waals surface area (Å²) in [6.07, 6.45) is 14.3. The van der Waals surface area contributed by atoms with Crippen LogP contribution in [0.4, 0.5) is 5.69 Å². The van der Waals surface area contributed by atoms with Gasteiger partial charge >= 0.3 is 0 Å². The van der Waals surface area contributed by atoms with Gasteiger partial charge in [-0.05, 0) is 89.9 Å². The Morgan fingerprint density at radius 3 is 2.33 bits per heavy atom. The van der Waals surface area contributed by atoms with Crippen molar-refractivity contribution in [1.29, 1.82) is 0 Å². The molecule has 0 aromatic heterocycles. The smallest absolute Gasteiger partial charge is 0.0713 e. The van der Waals surface area contributed by atoms with Crippen molar-refractivity contribution in [3.8, 4) is 0 Å². The van der Waals surface area contributed by atoms with Crippen molar-refractivity contribution in [2.75, 3.05) is 18.0 Å². The van der Waals surface area contributed by atoms with Gasteiger partial charge in [0.1, 0.15) is 0 Å². The van der Waals surface area contributed by atoms with Crippen LogP contribution in [-0.2, 0) is 0 Å². The van der Waals surface area contributed by atoms with Gasteiger partial charge in [0.15, 0.2) is 0 Å². The van der Waals surface area contributed by atoms with Crippen molar-refractivity contribution < 1.29 is 0 Å². The number of anilines is 1. The molecule has 0 radical (unpaired) electrons. The predicted octanol–water partition coefficient (Wildman–Crippen LogP) is 7.31. The van der Waals surface area contributed by atoms with E-state index in [0.29, 0.717) is 5.92 Å². The molecule has 0 bridgehead atoms. The predicted molar refractivity (Wildman–Crippen MR) is 132 cm³/mol. The number of rotatable bonds is 7. The lowest BCUT2D eigenvalue weighted by molar-refractivity contribution is 0.197. The Hall–Kier alpha value is -2.06. The summed E-state index contributed by atoms with van der Waals surface area (Å²) < 4.78 is 0. The van der Waals surface area contributed by atoms with Gasteiger partial charge in [-0.25, -0.2) is 0 Å². The van der Waals surface area contributed by atoms with Crippen LogP contribution < -0.4 is 4.90 Å². The third-order valence-electron chi connectivity index (χ3n) is 6.85. The van der Waals surface area contributed by atoms with Gasteiger partial charge < -0.3 is 4.90 Å². The van der Waals surface area contributed by atoms with Crippen LogP contribution in [0, 0.1) is 19.8 Å². The highest BCUT2D eigenvalue weighted by Crippen LogP contribution is 2.37. The number of piperidine rings is 1. The van der Waals surface area contributed by atoms with E-state index < -0.39 is 0 Å². The maximum Gasteiger partial charge on any atom is 0.0713 e. The van der Waals surface area contributed by atoms with E-state index in [1.807, 2.05) is 0 Å². The van der Waals surface area contributed by atoms with Crippen molar-refractivity contribution in [3.05, 3.63) is 77.7 Å². The second kappa shape index (κ2) is 10.3. The van der Waals surface area contributed by atoms with Crippen LogP contribution in [-0.4, -0.2) is 24.0 Å². The van der Waals surface area contributed by atoms with Gasteiger partial charge in [-0.2, -0.15) is 0 Å². The Kier molecular flexibility index (Phi) is 7.77. The highest BCUT2D eigenvalue weighted by Gasteiger charge is 2.31. The fourth-order valence-corrected chi connectivity index (χ4v) is 5.17. The molecule has 2 atom stereocenters. The van der Waals surface area contributed by atoms with Gasteiger partial charge in [-0.3, -0.25) is 4.90 Å². The molecule has 162 valence electrons. The minimum Gasteiger partial charge on any atom is -0.319 e. The standard InChI is InChI=1S/C28H40N2/c1-7-18-30(27-22(4)12-11-13-23(27)5)24(6)28(29-19-9-8-10-20-29)26-16-14-25(15-17-26)21(2)3/h7,11-13,16,18,25,28H,2,6,8-10,14-15,17,19-20H2,1,3-5H3/b18-7-. The van der Waals surface area contributed by atoms with Crippen LogP contribution in [0.25, 0.3) is 0 Å². The van der Waals surface area contributed by atoms with E-state index in [-0.39, 0.29) is 6.04 Å². The van der Waals surface area contributed by atoms with Crippen LogP contribution in [0.3, 0.4) is 0 Å². The Morgan fingerprint density at radius 1 is 1.13 bits per heavy atom. The molecule has 0 spiro atoms. The van der Waals surface area contributed by atoms with E-state index in [1.54, 1.807) is 5.57 Å². The third kappa shape index (κ3) is 4.98. The molecule has 1 heterocycles. The average molecular weight is 405 g/mol. The average Bonchev–Trinajstić information content (AvgIpc) is 2.74. The second-order valence-electron chi connectivity index (χ2n) is 9.18. The molecular formula is C28H40N2. The molecule has 1 saturated heterocycles. The van der Waals surface area contributed by atoms with E-state index in [0.717, 1.165) is 12.8 Å². The molecule has 0 amide bonds. The molecule has 0 N–H and O–H groups in total. The van der Waals surface area contributed by atoms with Crippen molar-refractivity contribution >= 4 is 5.69 Å². The van der Waals surface area contributed by atoms with Gasteiger partial charge in [0.2, 0.25) is 0 Å². The summed E-state index contributed by atoms with van der Waals surface area (Å²) in [7, 11) is 0. The van der Waals surface area contributed by atoms with Gasteiger partial charge in [0.05, 0.1) is 11.7 Å². The minimum atomic E-state index is 0.284. The summed E-state index contributed by atoms with van der Waals surface area (Å²) in [6.45, 7) is 20.0. The molecule has 2 nitrogen and oxygen atoms in total. The van der Waals surface area contributed by atoms with E-state index in [2.05, 4.69) is 80.6 Å². The summed E-state index contributed by atoms with van der Waals surface area (Å²) in [5.41, 5.74) is 7.94. The largest absolute Gasteiger partial charge is 0.319 e. The van der Waals surface area contributed by atoms with E-state index >= 15 is 0 Å². The number of hydrogen-bond donors (Lipinski definition) is 0. The molecule has 1 aliphatic carbocycles. The van der Waals surface area contributed by atoms with Crippen molar-refractivity contribution in [2.45, 2.75) is 72.3 Å². The highest BCUT2D eigenvalue weighted by atomic mass is 15.2. The fourth-order valence-electron chi connectivity index (χ4n) is 5.17. The number of para-hydroxylation sites is 1. The number of allylic oxidation sites excluding steroid dienone is 3. The third-order valence-corrected chi connectivity index (χ3v) is 6.85. The number of aryl methyl sites for hydroxylation is 2. The van der Waals surface area contributed by atoms with Crippen LogP contribution >= 0.6 is 0 Å². The zero-order valence-electron chi connectivity index (χ0n) is 19.6. The quantitative estimate of drug-likeness (QED) is 0.439. The SMILES string of the molecule is C=C(C)C1CC=C(C(C(=C)N(/C=C\C)c2c(C)cccc2C)N2CCCCC2)CC1. The molecule has 1 aromatic carbocycles. The van der Waals surface area contributed by atoms with Crippen LogP contribution in [0.15, 0.2) is 66.6 Å². The normalized spacial score (nSPS) is 21.3. The van der Waals surface area contributed by atoms with Crippen LogP contribution in [0.5, 0.6) is 0 Å². The molecule has 1 fully saturated rings. The molecule has 2 aliphatic rings. The Bertz CT molecular complexity index is 803. The van der Waals surface area contributed by atoms with E-state index in [1.165, 1.54) is 66.9 Å². The van der Waals surface area contributed by atoms with Crippen molar-refractivity contribution in [1.82, 2.24) is 4.90 Å². The Morgan fingerprint density at radius 2 is 1.80 bits per heavy atom. The summed E-state index contributed by atoms with van der Waals surface area (Å²) in [5, 5.41) is 0. The lowest BCUT2D eigenvalue weighted by Crippen LogP contribution is -2.45. The van der Waals surface area contributed by atoms with E-state index in [9.17, 15) is 0 Å². The van der Waals surface area contributed by atoms with Crippen molar-refractivity contribution in [3.63, 3.8) is 0 Å². The molecule has 3 rings (SSSR count). The zero-order chi connectivity index (χ0) is 21.7. The molecule has 2 unspecified atom stereocenters. The molecule has 1 aliphatic heterocycles. The summed E-state index contributed by atoms with van der Waals surface area (Å²) in [6, 6.07) is 6.85. The lowest BCUT2D eigenvalue weighted by Gasteiger charge is -2.42. The number of benzene rings is 1. The lowest BCUT2D eigenvalue weighted by atomic mass is 9.82. The minimum absolute atomic E-state index is 0.284. The molecule has 2 heteroatoms. The molecular weight excluding hydrogens is 364 g/mol. The van der Waals surface area contributed by atoms with Crippen molar-refractivity contribution in [2.24, 2.45) is 5.92 Å². The Labute approximate surface area is 184 Å². The molecule has 0 saturated carbocycles. The maximum absolute atomic E-state index is 4.71. The zero-order valence-corrected chi connectivity index (χ0v) is 19.6. The first-order valence-corrected chi connectivity index (χ1v) is 11.7. The second-order valence-corrected chi connectivity index (χ2v) is 9.18. The summed E-state index contributed by atoms with van der Waals surface area (Å²) in [4.78, 5) is 5.04. The number of hydrogen-bond acceptors (Lipinski definition) is 2. The highest BCUT2D eigenvalue weighted by molar-refractivity contribution is 5.65. The number of likely N-dealkylation sites (tertiary alicyclic amines) is 1. The first-order chi connectivity index (χ1) is 14.4. The van der Waals surface area contributed by atoms with Crippen LogP contribution in [0.1, 0.15) is 63.5 Å². The van der Waals surface area contributed by atoms with Gasteiger partial charge in [0, 0.05) is 11.9 Å². The molecule has 30 heavy (non-hydrogen) atoms. The first kappa shape index (κ1) is 22.6. The maximum atomic E-state index is 4.71. The Balaban J connectivity index is 1.99. The van der Waals surface area contributed by atoms with E-state index in [4.69, 9.17) is 6.58 Å². The number of nitrogens with zero attached hydrogens (tertiary/aromatic N) is 2.